The van der Waals surface area contributed by atoms with E-state index in [0.717, 1.165) is 24.4 Å². The van der Waals surface area contributed by atoms with Gasteiger partial charge in [-0.3, -0.25) is 0 Å². The zero-order valence-electron chi connectivity index (χ0n) is 12.4. The number of nitrogens with one attached hydrogen (secondary N) is 1. The molecule has 22 heavy (non-hydrogen) atoms. The maximum Gasteiger partial charge on any atom is 0.240 e. The first-order valence-corrected chi connectivity index (χ1v) is 8.49. The topological polar surface area (TPSA) is 49.4 Å². The van der Waals surface area contributed by atoms with Crippen molar-refractivity contribution in [3.63, 3.8) is 0 Å². The van der Waals surface area contributed by atoms with Gasteiger partial charge in [-0.15, -0.1) is 0 Å². The van der Waals surface area contributed by atoms with Crippen molar-refractivity contribution in [3.05, 3.63) is 60.4 Å². The van der Waals surface area contributed by atoms with Crippen LogP contribution >= 0.6 is 0 Å². The third-order valence-electron chi connectivity index (χ3n) is 3.28. The Morgan fingerprint density at radius 3 is 2.32 bits per heavy atom. The molecule has 6 heteroatoms. The molecule has 0 fully saturated rings. The van der Waals surface area contributed by atoms with Crippen LogP contribution in [-0.2, 0) is 10.0 Å². The molecule has 2 aromatic rings. The second-order valence-corrected chi connectivity index (χ2v) is 6.73. The van der Waals surface area contributed by atoms with Crippen molar-refractivity contribution in [1.29, 1.82) is 0 Å². The fourth-order valence-electron chi connectivity index (χ4n) is 2.03. The number of benzene rings is 2. The highest BCUT2D eigenvalue weighted by Gasteiger charge is 2.13. The van der Waals surface area contributed by atoms with Crippen molar-refractivity contribution >= 4 is 15.7 Å². The van der Waals surface area contributed by atoms with Crippen LogP contribution in [0.5, 0.6) is 0 Å². The minimum atomic E-state index is -3.57. The number of nitrogens with zero attached hydrogens (tertiary/aromatic N) is 1. The minimum Gasteiger partial charge on any atom is -0.375 e. The minimum absolute atomic E-state index is 0.0744. The number of sulfonamides is 1. The van der Waals surface area contributed by atoms with Gasteiger partial charge in [0.2, 0.25) is 10.0 Å². The second kappa shape index (κ2) is 7.38. The van der Waals surface area contributed by atoms with Gasteiger partial charge in [-0.05, 0) is 42.8 Å². The summed E-state index contributed by atoms with van der Waals surface area (Å²) >= 11 is 0. The van der Waals surface area contributed by atoms with Crippen LogP contribution in [-0.4, -0.2) is 28.6 Å². The van der Waals surface area contributed by atoms with E-state index in [1.54, 1.807) is 0 Å². The predicted molar refractivity (Wildman–Crippen MR) is 85.9 cm³/mol. The first-order chi connectivity index (χ1) is 10.5. The normalized spacial score (nSPS) is 11.4. The van der Waals surface area contributed by atoms with Crippen LogP contribution in [0.2, 0.25) is 0 Å². The van der Waals surface area contributed by atoms with Crippen LogP contribution in [0.4, 0.5) is 10.1 Å². The van der Waals surface area contributed by atoms with Gasteiger partial charge in [0.25, 0.3) is 0 Å². The fourth-order valence-corrected chi connectivity index (χ4v) is 3.11. The van der Waals surface area contributed by atoms with Crippen LogP contribution in [0.1, 0.15) is 6.42 Å². The molecule has 2 rings (SSSR count). The molecule has 0 spiro atoms. The Morgan fingerprint density at radius 2 is 1.68 bits per heavy atom. The standard InChI is InChI=1S/C16H19FN2O2S/c1-19(15-6-3-2-4-7-15)13-5-12-18-22(20,21)16-10-8-14(17)9-11-16/h2-4,6-11,18H,5,12-13H2,1H3. The molecule has 0 aromatic heterocycles. The number of hydrogen-bond donors (Lipinski definition) is 1. The van der Waals surface area contributed by atoms with Crippen molar-refractivity contribution in [3.8, 4) is 0 Å². The van der Waals surface area contributed by atoms with E-state index in [9.17, 15) is 12.8 Å². The molecule has 0 saturated carbocycles. The zero-order valence-corrected chi connectivity index (χ0v) is 13.2. The van der Waals surface area contributed by atoms with Gasteiger partial charge in [0.1, 0.15) is 5.82 Å². The van der Waals surface area contributed by atoms with Gasteiger partial charge in [-0.1, -0.05) is 18.2 Å². The summed E-state index contributed by atoms with van der Waals surface area (Å²) in [5.41, 5.74) is 1.09. The number of rotatable bonds is 7. The lowest BCUT2D eigenvalue weighted by Crippen LogP contribution is -2.28. The molecule has 0 amide bonds. The van der Waals surface area contributed by atoms with Crippen molar-refractivity contribution < 1.29 is 12.8 Å². The Hall–Kier alpha value is -1.92. The number of halogens is 1. The summed E-state index contributed by atoms with van der Waals surface area (Å²) in [5, 5.41) is 0. The van der Waals surface area contributed by atoms with E-state index < -0.39 is 15.8 Å². The Kier molecular flexibility index (Phi) is 5.51. The largest absolute Gasteiger partial charge is 0.375 e. The number of para-hydroxylation sites is 1. The molecule has 0 heterocycles. The van der Waals surface area contributed by atoms with Gasteiger partial charge >= 0.3 is 0 Å². The predicted octanol–water partition coefficient (Wildman–Crippen LogP) is 2.63. The maximum absolute atomic E-state index is 12.8. The molecule has 0 aliphatic carbocycles. The maximum atomic E-state index is 12.8. The van der Waals surface area contributed by atoms with Gasteiger partial charge in [-0.25, -0.2) is 17.5 Å². The average molecular weight is 322 g/mol. The number of hydrogen-bond acceptors (Lipinski definition) is 3. The van der Waals surface area contributed by atoms with Crippen molar-refractivity contribution in [2.24, 2.45) is 0 Å². The third-order valence-corrected chi connectivity index (χ3v) is 4.76. The Balaban J connectivity index is 1.82. The first kappa shape index (κ1) is 16.5. The molecule has 0 saturated heterocycles. The van der Waals surface area contributed by atoms with Crippen molar-refractivity contribution in [2.45, 2.75) is 11.3 Å². The summed E-state index contributed by atoms with van der Waals surface area (Å²) < 4.78 is 39.4. The van der Waals surface area contributed by atoms with Crippen molar-refractivity contribution in [2.75, 3.05) is 25.0 Å². The molecule has 0 atom stereocenters. The van der Waals surface area contributed by atoms with Gasteiger partial charge in [0.05, 0.1) is 4.90 Å². The summed E-state index contributed by atoms with van der Waals surface area (Å²) in [5.74, 6) is -0.455. The molecule has 0 unspecified atom stereocenters. The van der Waals surface area contributed by atoms with E-state index in [1.165, 1.54) is 12.1 Å². The highest BCUT2D eigenvalue weighted by Crippen LogP contribution is 2.12. The lowest BCUT2D eigenvalue weighted by Gasteiger charge is -2.19. The highest BCUT2D eigenvalue weighted by atomic mass is 32.2. The van der Waals surface area contributed by atoms with Crippen LogP contribution in [0.25, 0.3) is 0 Å². The highest BCUT2D eigenvalue weighted by molar-refractivity contribution is 7.89. The fraction of sp³-hybridized carbons (Fsp3) is 0.250. The van der Waals surface area contributed by atoms with Gasteiger partial charge < -0.3 is 4.90 Å². The van der Waals surface area contributed by atoms with E-state index >= 15 is 0 Å². The smallest absolute Gasteiger partial charge is 0.240 e. The molecule has 0 bridgehead atoms. The Labute approximate surface area is 130 Å². The van der Waals surface area contributed by atoms with Gasteiger partial charge in [0.15, 0.2) is 0 Å². The monoisotopic (exact) mass is 322 g/mol. The molecule has 2 aromatic carbocycles. The van der Waals surface area contributed by atoms with E-state index in [2.05, 4.69) is 9.62 Å². The summed E-state index contributed by atoms with van der Waals surface area (Å²) in [7, 11) is -1.61. The van der Waals surface area contributed by atoms with Crippen LogP contribution in [0.15, 0.2) is 59.5 Å². The van der Waals surface area contributed by atoms with Crippen molar-refractivity contribution in [1.82, 2.24) is 4.72 Å². The molecule has 0 aliphatic heterocycles. The molecule has 1 N–H and O–H groups in total. The van der Waals surface area contributed by atoms with E-state index in [0.29, 0.717) is 13.0 Å². The number of anilines is 1. The van der Waals surface area contributed by atoms with Gasteiger partial charge in [0, 0.05) is 25.8 Å². The summed E-state index contributed by atoms with van der Waals surface area (Å²) in [4.78, 5) is 2.14. The zero-order chi connectivity index (χ0) is 16.0. The van der Waals surface area contributed by atoms with Crippen LogP contribution in [0.3, 0.4) is 0 Å². The second-order valence-electron chi connectivity index (χ2n) is 4.96. The molecule has 118 valence electrons. The van der Waals surface area contributed by atoms with Crippen LogP contribution < -0.4 is 9.62 Å². The summed E-state index contributed by atoms with van der Waals surface area (Å²) in [6.45, 7) is 1.06. The summed E-state index contributed by atoms with van der Waals surface area (Å²) in [6, 6.07) is 14.7. The lowest BCUT2D eigenvalue weighted by atomic mass is 10.3. The molecule has 0 radical (unpaired) electrons. The molecular formula is C16H19FN2O2S. The van der Waals surface area contributed by atoms with E-state index in [-0.39, 0.29) is 4.90 Å². The third kappa shape index (κ3) is 4.54. The van der Waals surface area contributed by atoms with Gasteiger partial charge in [-0.2, -0.15) is 0 Å². The quantitative estimate of drug-likeness (QED) is 0.797. The lowest BCUT2D eigenvalue weighted by molar-refractivity contribution is 0.578. The van der Waals surface area contributed by atoms with Crippen LogP contribution in [0, 0.1) is 5.82 Å². The summed E-state index contributed by atoms with van der Waals surface area (Å²) in [6.07, 6.45) is 0.672. The Bertz CT molecular complexity index is 688. The Morgan fingerprint density at radius 1 is 1.05 bits per heavy atom. The molecule has 4 nitrogen and oxygen atoms in total. The average Bonchev–Trinajstić information content (AvgIpc) is 2.52. The SMILES string of the molecule is CN(CCCNS(=O)(=O)c1ccc(F)cc1)c1ccccc1. The van der Waals surface area contributed by atoms with E-state index in [1.807, 2.05) is 37.4 Å². The van der Waals surface area contributed by atoms with E-state index in [4.69, 9.17) is 0 Å². The first-order valence-electron chi connectivity index (χ1n) is 7.00. The molecule has 0 aliphatic rings. The molecular weight excluding hydrogens is 303 g/mol.